The zero-order chi connectivity index (χ0) is 27.4. The molecule has 0 atom stereocenters. The van der Waals surface area contributed by atoms with E-state index in [4.69, 9.17) is 9.47 Å². The van der Waals surface area contributed by atoms with Crippen molar-refractivity contribution in [2.24, 2.45) is 0 Å². The van der Waals surface area contributed by atoms with E-state index in [2.05, 4.69) is 5.32 Å². The molecule has 3 amide bonds. The number of hydrogen-bond donors (Lipinski definition) is 1. The van der Waals surface area contributed by atoms with Gasteiger partial charge in [0.05, 0.1) is 12.0 Å². The van der Waals surface area contributed by atoms with Gasteiger partial charge in [-0.15, -0.1) is 0 Å². The van der Waals surface area contributed by atoms with E-state index in [1.807, 2.05) is 67.6 Å². The molecule has 1 aliphatic heterocycles. The lowest BCUT2D eigenvalue weighted by Crippen LogP contribution is -2.36. The molecule has 0 bridgehead atoms. The lowest BCUT2D eigenvalue weighted by molar-refractivity contribution is -0.127. The van der Waals surface area contributed by atoms with E-state index in [-0.39, 0.29) is 11.4 Å². The van der Waals surface area contributed by atoms with Crippen LogP contribution in [0.1, 0.15) is 16.7 Å². The molecule has 0 unspecified atom stereocenters. The second-order valence-electron chi connectivity index (χ2n) is 9.02. The molecule has 4 aromatic carbocycles. The second-order valence-corrected chi connectivity index (χ2v) is 10.0. The van der Waals surface area contributed by atoms with Crippen molar-refractivity contribution in [2.45, 2.75) is 13.5 Å². The highest BCUT2D eigenvalue weighted by Crippen LogP contribution is 2.37. The molecule has 0 radical (unpaired) electrons. The summed E-state index contributed by atoms with van der Waals surface area (Å²) in [7, 11) is 1.55. The van der Waals surface area contributed by atoms with Crippen LogP contribution in [0.2, 0.25) is 0 Å². The maximum Gasteiger partial charge on any atom is 0.294 e. The van der Waals surface area contributed by atoms with Crippen LogP contribution >= 0.6 is 11.8 Å². The molecule has 4 aromatic rings. The molecular weight excluding hydrogens is 512 g/mol. The quantitative estimate of drug-likeness (QED) is 0.261. The standard InChI is InChI=1S/C31H26N2O5S/c1-20-7-9-21(10-8-20)19-38-27-16-11-22-5-3-4-6-25(22)26(27)17-28-30(35)33(31(36)39-28)18-29(34)32-23-12-14-24(37-2)15-13-23/h3-17H,18-19H2,1-2H3,(H,32,34)/b28-17+. The molecule has 0 aliphatic carbocycles. The Morgan fingerprint density at radius 3 is 2.44 bits per heavy atom. The SMILES string of the molecule is COc1ccc(NC(=O)CN2C(=O)S/C(=C/c3c(OCc4ccc(C)cc4)ccc4ccccc34)C2=O)cc1. The Bertz CT molecular complexity index is 1580. The van der Waals surface area contributed by atoms with Crippen LogP contribution in [0, 0.1) is 6.92 Å². The third-order valence-corrected chi connectivity index (χ3v) is 7.18. The van der Waals surface area contributed by atoms with Crippen molar-refractivity contribution in [3.63, 3.8) is 0 Å². The third kappa shape index (κ3) is 5.97. The minimum absolute atomic E-state index is 0.230. The first-order chi connectivity index (χ1) is 18.9. The summed E-state index contributed by atoms with van der Waals surface area (Å²) in [4.78, 5) is 39.8. The highest BCUT2D eigenvalue weighted by atomic mass is 32.2. The van der Waals surface area contributed by atoms with Crippen LogP contribution in [0.5, 0.6) is 11.5 Å². The number of anilines is 1. The largest absolute Gasteiger partial charge is 0.497 e. The number of methoxy groups -OCH3 is 1. The predicted molar refractivity (Wildman–Crippen MR) is 154 cm³/mol. The molecule has 0 aromatic heterocycles. The highest BCUT2D eigenvalue weighted by Gasteiger charge is 2.36. The minimum Gasteiger partial charge on any atom is -0.497 e. The molecule has 1 saturated heterocycles. The number of carbonyl (C=O) groups excluding carboxylic acids is 3. The average Bonchev–Trinajstić information content (AvgIpc) is 3.21. The summed E-state index contributed by atoms with van der Waals surface area (Å²) in [5.74, 6) is 0.251. The maximum absolute atomic E-state index is 13.2. The van der Waals surface area contributed by atoms with E-state index in [9.17, 15) is 14.4 Å². The average molecular weight is 539 g/mol. The molecule has 7 nitrogen and oxygen atoms in total. The first-order valence-electron chi connectivity index (χ1n) is 12.3. The van der Waals surface area contributed by atoms with Gasteiger partial charge >= 0.3 is 0 Å². The van der Waals surface area contributed by atoms with Crippen LogP contribution in [0.15, 0.2) is 89.8 Å². The summed E-state index contributed by atoms with van der Waals surface area (Å²) in [6.07, 6.45) is 1.68. The fourth-order valence-corrected chi connectivity index (χ4v) is 5.00. The van der Waals surface area contributed by atoms with Crippen molar-refractivity contribution in [3.8, 4) is 11.5 Å². The van der Waals surface area contributed by atoms with Crippen molar-refractivity contribution >= 4 is 51.4 Å². The van der Waals surface area contributed by atoms with E-state index < -0.39 is 17.1 Å². The van der Waals surface area contributed by atoms with E-state index in [0.717, 1.165) is 33.0 Å². The topological polar surface area (TPSA) is 84.9 Å². The Morgan fingerprint density at radius 1 is 0.949 bits per heavy atom. The molecule has 8 heteroatoms. The van der Waals surface area contributed by atoms with Crippen molar-refractivity contribution < 1.29 is 23.9 Å². The molecule has 1 aliphatic rings. The van der Waals surface area contributed by atoms with Crippen LogP contribution in [0.3, 0.4) is 0 Å². The number of amides is 3. The number of rotatable bonds is 8. The molecule has 0 spiro atoms. The lowest BCUT2D eigenvalue weighted by atomic mass is 10.0. The minimum atomic E-state index is -0.521. The number of thioether (sulfide) groups is 1. The van der Waals surface area contributed by atoms with E-state index >= 15 is 0 Å². The Kier molecular flexibility index (Phi) is 7.65. The summed E-state index contributed by atoms with van der Waals surface area (Å²) < 4.78 is 11.3. The number of imide groups is 1. The van der Waals surface area contributed by atoms with Crippen LogP contribution in [0.4, 0.5) is 10.5 Å². The van der Waals surface area contributed by atoms with Crippen LogP contribution < -0.4 is 14.8 Å². The molecular formula is C31H26N2O5S. The number of ether oxygens (including phenoxy) is 2. The van der Waals surface area contributed by atoms with Gasteiger partial charge in [-0.05, 0) is 71.4 Å². The number of benzene rings is 4. The van der Waals surface area contributed by atoms with Gasteiger partial charge < -0.3 is 14.8 Å². The Balaban J connectivity index is 1.37. The lowest BCUT2D eigenvalue weighted by Gasteiger charge is -2.14. The van der Waals surface area contributed by atoms with Gasteiger partial charge in [-0.25, -0.2) is 0 Å². The number of carbonyl (C=O) groups is 3. The summed E-state index contributed by atoms with van der Waals surface area (Å²) in [6.45, 7) is 1.99. The van der Waals surface area contributed by atoms with Crippen LogP contribution in [-0.4, -0.2) is 35.6 Å². The summed E-state index contributed by atoms with van der Waals surface area (Å²) in [6, 6.07) is 26.5. The number of nitrogens with one attached hydrogen (secondary N) is 1. The van der Waals surface area contributed by atoms with Crippen molar-refractivity contribution in [1.82, 2.24) is 4.90 Å². The monoisotopic (exact) mass is 538 g/mol. The van der Waals surface area contributed by atoms with Gasteiger partial charge in [-0.1, -0.05) is 60.2 Å². The molecule has 39 heavy (non-hydrogen) atoms. The van der Waals surface area contributed by atoms with Gasteiger partial charge in [0.2, 0.25) is 5.91 Å². The summed E-state index contributed by atoms with van der Waals surface area (Å²) in [5, 5.41) is 4.07. The van der Waals surface area contributed by atoms with E-state index in [1.54, 1.807) is 37.5 Å². The first-order valence-corrected chi connectivity index (χ1v) is 13.1. The number of hydrogen-bond acceptors (Lipinski definition) is 6. The Hall–Kier alpha value is -4.56. The number of nitrogens with zero attached hydrogens (tertiary/aromatic N) is 1. The smallest absolute Gasteiger partial charge is 0.294 e. The van der Waals surface area contributed by atoms with Gasteiger partial charge in [0, 0.05) is 11.3 Å². The third-order valence-electron chi connectivity index (χ3n) is 6.27. The molecule has 1 heterocycles. The van der Waals surface area contributed by atoms with Gasteiger partial charge in [0.15, 0.2) is 0 Å². The van der Waals surface area contributed by atoms with Gasteiger partial charge in [-0.3, -0.25) is 19.3 Å². The van der Waals surface area contributed by atoms with Gasteiger partial charge in [-0.2, -0.15) is 0 Å². The zero-order valence-electron chi connectivity index (χ0n) is 21.5. The fourth-order valence-electron chi connectivity index (χ4n) is 4.18. The zero-order valence-corrected chi connectivity index (χ0v) is 22.3. The van der Waals surface area contributed by atoms with E-state index in [1.165, 1.54) is 5.56 Å². The molecule has 196 valence electrons. The Morgan fingerprint density at radius 2 is 1.69 bits per heavy atom. The van der Waals surface area contributed by atoms with Crippen LogP contribution in [0.25, 0.3) is 16.8 Å². The molecule has 0 saturated carbocycles. The van der Waals surface area contributed by atoms with Crippen molar-refractivity contribution in [2.75, 3.05) is 19.0 Å². The van der Waals surface area contributed by atoms with Gasteiger partial charge in [0.1, 0.15) is 24.7 Å². The normalized spacial score (nSPS) is 14.2. The molecule has 1 fully saturated rings. The first kappa shape index (κ1) is 26.1. The predicted octanol–water partition coefficient (Wildman–Crippen LogP) is 6.41. The molecule has 5 rings (SSSR count). The fraction of sp³-hybridized carbons (Fsp3) is 0.129. The number of fused-ring (bicyclic) bond motifs is 1. The summed E-state index contributed by atoms with van der Waals surface area (Å²) >= 11 is 0.810. The highest BCUT2D eigenvalue weighted by molar-refractivity contribution is 8.18. The van der Waals surface area contributed by atoms with Crippen molar-refractivity contribution in [3.05, 3.63) is 107 Å². The maximum atomic E-state index is 13.2. The second kappa shape index (κ2) is 11.4. The van der Waals surface area contributed by atoms with Crippen LogP contribution in [-0.2, 0) is 16.2 Å². The molecule has 1 N–H and O–H groups in total. The summed E-state index contributed by atoms with van der Waals surface area (Å²) in [5.41, 5.74) is 3.42. The Labute approximate surface area is 230 Å². The van der Waals surface area contributed by atoms with Gasteiger partial charge in [0.25, 0.3) is 11.1 Å². The van der Waals surface area contributed by atoms with Crippen molar-refractivity contribution in [1.29, 1.82) is 0 Å². The van der Waals surface area contributed by atoms with E-state index in [0.29, 0.717) is 29.4 Å². The number of aryl methyl sites for hydroxylation is 1.